The maximum atomic E-state index is 12.0. The molecule has 2 atom stereocenters. The van der Waals surface area contributed by atoms with E-state index in [9.17, 15) is 18.0 Å². The van der Waals surface area contributed by atoms with E-state index in [0.29, 0.717) is 6.54 Å². The van der Waals surface area contributed by atoms with E-state index in [1.54, 1.807) is 0 Å². The fraction of sp³-hybridized carbons (Fsp3) is 0.909. The summed E-state index contributed by atoms with van der Waals surface area (Å²) in [6, 6.07) is -0.00361. The van der Waals surface area contributed by atoms with Gasteiger partial charge in [0.15, 0.2) is 0 Å². The van der Waals surface area contributed by atoms with E-state index in [2.05, 4.69) is 0 Å². The first-order valence-corrected chi connectivity index (χ1v) is 6.12. The van der Waals surface area contributed by atoms with Crippen molar-refractivity contribution in [1.82, 2.24) is 10.2 Å². The fourth-order valence-electron chi connectivity index (χ4n) is 2.25. The van der Waals surface area contributed by atoms with Gasteiger partial charge in [-0.15, -0.1) is 12.4 Å². The van der Waals surface area contributed by atoms with Crippen molar-refractivity contribution in [3.8, 4) is 0 Å². The summed E-state index contributed by atoms with van der Waals surface area (Å²) in [5, 5.41) is 1.88. The normalized spacial score (nSPS) is 22.5. The molecule has 0 aliphatic carbocycles. The van der Waals surface area contributed by atoms with E-state index < -0.39 is 18.6 Å². The number of hydrogen-bond donors (Lipinski definition) is 2. The number of carbonyl (C=O) groups is 1. The molecule has 4 nitrogen and oxygen atoms in total. The van der Waals surface area contributed by atoms with E-state index in [1.165, 1.54) is 0 Å². The lowest BCUT2D eigenvalue weighted by Gasteiger charge is -2.37. The SMILES string of the molecule is CC(N)C1CCCCN1CC(=O)NCC(F)(F)F.Cl. The molecule has 1 heterocycles. The lowest BCUT2D eigenvalue weighted by atomic mass is 9.97. The number of likely N-dealkylation sites (tertiary alicyclic amines) is 1. The Labute approximate surface area is 117 Å². The topological polar surface area (TPSA) is 58.4 Å². The molecular weight excluding hydrogens is 283 g/mol. The van der Waals surface area contributed by atoms with Crippen LogP contribution < -0.4 is 11.1 Å². The van der Waals surface area contributed by atoms with Gasteiger partial charge in [0.2, 0.25) is 5.91 Å². The van der Waals surface area contributed by atoms with Crippen molar-refractivity contribution in [2.24, 2.45) is 5.73 Å². The van der Waals surface area contributed by atoms with Crippen molar-refractivity contribution < 1.29 is 18.0 Å². The van der Waals surface area contributed by atoms with Crippen molar-refractivity contribution in [2.75, 3.05) is 19.6 Å². The fourth-order valence-corrected chi connectivity index (χ4v) is 2.25. The molecule has 0 aromatic rings. The van der Waals surface area contributed by atoms with Crippen LogP contribution in [0, 0.1) is 0 Å². The summed E-state index contributed by atoms with van der Waals surface area (Å²) in [7, 11) is 0. The van der Waals surface area contributed by atoms with Gasteiger partial charge in [0, 0.05) is 12.1 Å². The summed E-state index contributed by atoms with van der Waals surface area (Å²) in [6.07, 6.45) is -1.47. The zero-order valence-electron chi connectivity index (χ0n) is 10.9. The number of piperidine rings is 1. The van der Waals surface area contributed by atoms with Crippen LogP contribution in [0.3, 0.4) is 0 Å². The van der Waals surface area contributed by atoms with Gasteiger partial charge in [0.25, 0.3) is 0 Å². The molecule has 1 aliphatic rings. The summed E-state index contributed by atoms with van der Waals surface area (Å²) in [5.41, 5.74) is 5.82. The third-order valence-electron chi connectivity index (χ3n) is 3.10. The van der Waals surface area contributed by atoms with Crippen LogP contribution in [0.1, 0.15) is 26.2 Å². The molecule has 0 bridgehead atoms. The minimum atomic E-state index is -4.36. The molecule has 2 unspecified atom stereocenters. The highest BCUT2D eigenvalue weighted by Gasteiger charge is 2.30. The molecule has 0 aromatic heterocycles. The Hall–Kier alpha value is -0.530. The number of amides is 1. The average molecular weight is 304 g/mol. The smallest absolute Gasteiger partial charge is 0.346 e. The van der Waals surface area contributed by atoms with Gasteiger partial charge in [-0.2, -0.15) is 13.2 Å². The van der Waals surface area contributed by atoms with Crippen molar-refractivity contribution >= 4 is 18.3 Å². The Morgan fingerprint density at radius 3 is 2.63 bits per heavy atom. The number of hydrogen-bond acceptors (Lipinski definition) is 3. The van der Waals surface area contributed by atoms with E-state index in [1.807, 2.05) is 17.1 Å². The second-order valence-electron chi connectivity index (χ2n) is 4.78. The van der Waals surface area contributed by atoms with Crippen LogP contribution in [0.15, 0.2) is 0 Å². The van der Waals surface area contributed by atoms with Gasteiger partial charge in [-0.25, -0.2) is 0 Å². The first-order chi connectivity index (χ1) is 8.29. The quantitative estimate of drug-likeness (QED) is 0.823. The van der Waals surface area contributed by atoms with Crippen LogP contribution in [0.5, 0.6) is 0 Å². The summed E-state index contributed by atoms with van der Waals surface area (Å²) in [5.74, 6) is -0.597. The summed E-state index contributed by atoms with van der Waals surface area (Å²) in [6.45, 7) is 1.28. The first-order valence-electron chi connectivity index (χ1n) is 6.12. The monoisotopic (exact) mass is 303 g/mol. The molecule has 0 saturated carbocycles. The predicted octanol–water partition coefficient (Wildman–Crippen LogP) is 1.29. The van der Waals surface area contributed by atoms with Crippen LogP contribution in [0.4, 0.5) is 13.2 Å². The van der Waals surface area contributed by atoms with Crippen LogP contribution in [-0.4, -0.2) is 48.7 Å². The molecule has 0 aromatic carbocycles. The Morgan fingerprint density at radius 2 is 2.11 bits per heavy atom. The van der Waals surface area contributed by atoms with Gasteiger partial charge < -0.3 is 11.1 Å². The largest absolute Gasteiger partial charge is 0.405 e. The minimum Gasteiger partial charge on any atom is -0.346 e. The van der Waals surface area contributed by atoms with Gasteiger partial charge in [-0.05, 0) is 26.3 Å². The minimum absolute atomic E-state index is 0. The van der Waals surface area contributed by atoms with Crippen LogP contribution in [-0.2, 0) is 4.79 Å². The molecule has 0 spiro atoms. The molecule has 1 aliphatic heterocycles. The molecular formula is C11H21ClF3N3O. The maximum absolute atomic E-state index is 12.0. The number of nitrogens with two attached hydrogens (primary N) is 1. The molecule has 1 saturated heterocycles. The summed E-state index contributed by atoms with van der Waals surface area (Å²) in [4.78, 5) is 13.3. The second kappa shape index (κ2) is 7.91. The number of rotatable bonds is 4. The molecule has 0 radical (unpaired) electrons. The standard InChI is InChI=1S/C11H20F3N3O.ClH/c1-8(15)9-4-2-3-5-17(9)6-10(18)16-7-11(12,13)14;/h8-9H,2-7,15H2,1H3,(H,16,18);1H. The zero-order valence-corrected chi connectivity index (χ0v) is 11.7. The number of carbonyl (C=O) groups excluding carboxylic acids is 1. The molecule has 1 rings (SSSR count). The van der Waals surface area contributed by atoms with Gasteiger partial charge >= 0.3 is 6.18 Å². The van der Waals surface area contributed by atoms with E-state index >= 15 is 0 Å². The van der Waals surface area contributed by atoms with Gasteiger partial charge in [0.1, 0.15) is 6.54 Å². The van der Waals surface area contributed by atoms with Crippen LogP contribution >= 0.6 is 12.4 Å². The zero-order chi connectivity index (χ0) is 13.8. The summed E-state index contributed by atoms with van der Waals surface area (Å²) < 4.78 is 35.9. The molecule has 8 heteroatoms. The Balaban J connectivity index is 0.00000324. The van der Waals surface area contributed by atoms with Gasteiger partial charge in [-0.3, -0.25) is 9.69 Å². The second-order valence-corrected chi connectivity index (χ2v) is 4.78. The number of halogens is 4. The molecule has 1 amide bonds. The van der Waals surface area contributed by atoms with E-state index in [4.69, 9.17) is 5.73 Å². The van der Waals surface area contributed by atoms with Crippen molar-refractivity contribution in [1.29, 1.82) is 0 Å². The molecule has 1 fully saturated rings. The van der Waals surface area contributed by atoms with Gasteiger partial charge in [-0.1, -0.05) is 6.42 Å². The van der Waals surface area contributed by atoms with Crippen molar-refractivity contribution in [3.05, 3.63) is 0 Å². The highest BCUT2D eigenvalue weighted by molar-refractivity contribution is 5.85. The van der Waals surface area contributed by atoms with Crippen LogP contribution in [0.25, 0.3) is 0 Å². The Morgan fingerprint density at radius 1 is 1.47 bits per heavy atom. The molecule has 3 N–H and O–H groups in total. The lowest BCUT2D eigenvalue weighted by molar-refractivity contribution is -0.139. The highest BCUT2D eigenvalue weighted by Crippen LogP contribution is 2.18. The third-order valence-corrected chi connectivity index (χ3v) is 3.10. The first kappa shape index (κ1) is 18.5. The highest BCUT2D eigenvalue weighted by atomic mass is 35.5. The predicted molar refractivity (Wildman–Crippen MR) is 69.2 cm³/mol. The molecule has 19 heavy (non-hydrogen) atoms. The van der Waals surface area contributed by atoms with Crippen LogP contribution in [0.2, 0.25) is 0 Å². The lowest BCUT2D eigenvalue weighted by Crippen LogP contribution is -2.52. The number of alkyl halides is 3. The van der Waals surface area contributed by atoms with Crippen molar-refractivity contribution in [3.63, 3.8) is 0 Å². The number of nitrogens with zero attached hydrogens (tertiary/aromatic N) is 1. The summed E-state index contributed by atoms with van der Waals surface area (Å²) >= 11 is 0. The Kier molecular flexibility index (Phi) is 7.69. The van der Waals surface area contributed by atoms with E-state index in [0.717, 1.165) is 19.3 Å². The maximum Gasteiger partial charge on any atom is 0.405 e. The van der Waals surface area contributed by atoms with Crippen molar-refractivity contribution in [2.45, 2.75) is 44.4 Å². The number of nitrogens with one attached hydrogen (secondary N) is 1. The Bertz CT molecular complexity index is 287. The molecule has 114 valence electrons. The average Bonchev–Trinajstić information content (AvgIpc) is 2.26. The van der Waals surface area contributed by atoms with Gasteiger partial charge in [0.05, 0.1) is 6.54 Å². The van der Waals surface area contributed by atoms with E-state index in [-0.39, 0.29) is 31.0 Å². The third kappa shape index (κ3) is 6.98.